The fraction of sp³-hybridized carbons (Fsp3) is 0.900. The number of aliphatic carboxylic acids is 1. The number of carboxylic acid groups (broad SMARTS) is 1. The van der Waals surface area contributed by atoms with Gasteiger partial charge in [-0.2, -0.15) is 0 Å². The van der Waals surface area contributed by atoms with Crippen molar-refractivity contribution < 1.29 is 14.6 Å². The average molecular weight is 214 g/mol. The molecule has 2 saturated heterocycles. The highest BCUT2D eigenvalue weighted by molar-refractivity contribution is 5.74. The van der Waals surface area contributed by atoms with Gasteiger partial charge in [0.1, 0.15) is 6.04 Å². The standard InChI is InChI=1S/C10H18N2O3/c13-10(14)9-1-2-12(9)4-3-11-5-7-15-8-6-11/h9H,1-8H2,(H,13,14). The van der Waals surface area contributed by atoms with Crippen LogP contribution in [0.2, 0.25) is 0 Å². The molecule has 2 rings (SSSR count). The van der Waals surface area contributed by atoms with Crippen LogP contribution in [0.15, 0.2) is 0 Å². The molecule has 1 atom stereocenters. The van der Waals surface area contributed by atoms with Crippen molar-refractivity contribution in [3.05, 3.63) is 0 Å². The summed E-state index contributed by atoms with van der Waals surface area (Å²) in [7, 11) is 0. The summed E-state index contributed by atoms with van der Waals surface area (Å²) in [5, 5.41) is 8.87. The Morgan fingerprint density at radius 2 is 2.00 bits per heavy atom. The van der Waals surface area contributed by atoms with Crippen molar-refractivity contribution in [2.45, 2.75) is 12.5 Å². The summed E-state index contributed by atoms with van der Waals surface area (Å²) in [4.78, 5) is 15.1. The molecule has 86 valence electrons. The predicted molar refractivity (Wildman–Crippen MR) is 54.9 cm³/mol. The van der Waals surface area contributed by atoms with Crippen LogP contribution in [0.5, 0.6) is 0 Å². The summed E-state index contributed by atoms with van der Waals surface area (Å²) in [6.45, 7) is 6.34. The van der Waals surface area contributed by atoms with Crippen molar-refractivity contribution in [1.82, 2.24) is 9.80 Å². The molecule has 5 heteroatoms. The second-order valence-electron chi connectivity index (χ2n) is 4.13. The van der Waals surface area contributed by atoms with Gasteiger partial charge in [0, 0.05) is 32.7 Å². The Morgan fingerprint density at radius 1 is 1.27 bits per heavy atom. The van der Waals surface area contributed by atoms with Crippen LogP contribution < -0.4 is 0 Å². The van der Waals surface area contributed by atoms with Gasteiger partial charge in [-0.3, -0.25) is 14.6 Å². The number of carbonyl (C=O) groups is 1. The van der Waals surface area contributed by atoms with Crippen molar-refractivity contribution in [1.29, 1.82) is 0 Å². The summed E-state index contributed by atoms with van der Waals surface area (Å²) < 4.78 is 5.26. The Hall–Kier alpha value is -0.650. The van der Waals surface area contributed by atoms with Gasteiger partial charge < -0.3 is 9.84 Å². The lowest BCUT2D eigenvalue weighted by Crippen LogP contribution is -2.54. The van der Waals surface area contributed by atoms with E-state index in [1.807, 2.05) is 4.90 Å². The molecule has 15 heavy (non-hydrogen) atoms. The van der Waals surface area contributed by atoms with Crippen molar-refractivity contribution in [3.63, 3.8) is 0 Å². The van der Waals surface area contributed by atoms with Gasteiger partial charge in [0.05, 0.1) is 13.2 Å². The van der Waals surface area contributed by atoms with Gasteiger partial charge >= 0.3 is 5.97 Å². The minimum atomic E-state index is -0.678. The van der Waals surface area contributed by atoms with Gasteiger partial charge in [-0.15, -0.1) is 0 Å². The molecule has 0 saturated carbocycles. The molecule has 2 fully saturated rings. The highest BCUT2D eigenvalue weighted by Gasteiger charge is 2.33. The van der Waals surface area contributed by atoms with Crippen molar-refractivity contribution in [3.8, 4) is 0 Å². The molecule has 2 heterocycles. The third-order valence-electron chi connectivity index (χ3n) is 3.22. The van der Waals surface area contributed by atoms with Crippen molar-refractivity contribution >= 4 is 5.97 Å². The van der Waals surface area contributed by atoms with Crippen LogP contribution in [-0.4, -0.2) is 72.9 Å². The molecule has 0 spiro atoms. The number of ether oxygens (including phenoxy) is 1. The van der Waals surface area contributed by atoms with Gasteiger partial charge in [-0.25, -0.2) is 0 Å². The molecular weight excluding hydrogens is 196 g/mol. The summed E-state index contributed by atoms with van der Waals surface area (Å²) in [6, 6.07) is -0.231. The number of morpholine rings is 1. The monoisotopic (exact) mass is 214 g/mol. The summed E-state index contributed by atoms with van der Waals surface area (Å²) in [6.07, 6.45) is 0.804. The number of hydrogen-bond donors (Lipinski definition) is 1. The van der Waals surface area contributed by atoms with E-state index in [-0.39, 0.29) is 6.04 Å². The molecule has 0 radical (unpaired) electrons. The zero-order valence-corrected chi connectivity index (χ0v) is 8.89. The van der Waals surface area contributed by atoms with Gasteiger partial charge in [-0.05, 0) is 6.42 Å². The van der Waals surface area contributed by atoms with Crippen LogP contribution >= 0.6 is 0 Å². The lowest BCUT2D eigenvalue weighted by Gasteiger charge is -2.39. The maximum Gasteiger partial charge on any atom is 0.320 e. The first-order chi connectivity index (χ1) is 7.27. The van der Waals surface area contributed by atoms with E-state index in [1.165, 1.54) is 0 Å². The van der Waals surface area contributed by atoms with Gasteiger partial charge in [0.25, 0.3) is 0 Å². The van der Waals surface area contributed by atoms with Gasteiger partial charge in [0.2, 0.25) is 0 Å². The van der Waals surface area contributed by atoms with Crippen LogP contribution in [0, 0.1) is 0 Å². The van der Waals surface area contributed by atoms with Gasteiger partial charge in [0.15, 0.2) is 0 Å². The lowest BCUT2D eigenvalue weighted by molar-refractivity contribution is -0.148. The highest BCUT2D eigenvalue weighted by Crippen LogP contribution is 2.16. The number of rotatable bonds is 4. The van der Waals surface area contributed by atoms with Crippen LogP contribution in [0.4, 0.5) is 0 Å². The second kappa shape index (κ2) is 4.92. The number of hydrogen-bond acceptors (Lipinski definition) is 4. The Morgan fingerprint density at radius 3 is 2.53 bits per heavy atom. The number of nitrogens with zero attached hydrogens (tertiary/aromatic N) is 2. The minimum Gasteiger partial charge on any atom is -0.480 e. The summed E-state index contributed by atoms with van der Waals surface area (Å²) in [5.41, 5.74) is 0. The predicted octanol–water partition coefficient (Wildman–Crippen LogP) is -0.522. The first kappa shape index (κ1) is 10.9. The van der Waals surface area contributed by atoms with E-state index in [0.717, 1.165) is 52.4 Å². The SMILES string of the molecule is O=C(O)C1CCN1CCN1CCOCC1. The molecule has 0 aliphatic carbocycles. The van der Waals surface area contributed by atoms with E-state index in [0.29, 0.717) is 0 Å². The second-order valence-corrected chi connectivity index (χ2v) is 4.13. The highest BCUT2D eigenvalue weighted by atomic mass is 16.5. The molecule has 5 nitrogen and oxygen atoms in total. The van der Waals surface area contributed by atoms with Crippen LogP contribution in [0.25, 0.3) is 0 Å². The molecule has 1 unspecified atom stereocenters. The van der Waals surface area contributed by atoms with Crippen molar-refractivity contribution in [2.75, 3.05) is 45.9 Å². The normalized spacial score (nSPS) is 28.7. The first-order valence-electron chi connectivity index (χ1n) is 5.54. The van der Waals surface area contributed by atoms with Crippen LogP contribution in [-0.2, 0) is 9.53 Å². The van der Waals surface area contributed by atoms with E-state index in [1.54, 1.807) is 0 Å². The van der Waals surface area contributed by atoms with Crippen LogP contribution in [0.3, 0.4) is 0 Å². The van der Waals surface area contributed by atoms with Crippen molar-refractivity contribution in [2.24, 2.45) is 0 Å². The first-order valence-corrected chi connectivity index (χ1v) is 5.54. The molecule has 1 N–H and O–H groups in total. The summed E-state index contributed by atoms with van der Waals surface area (Å²) in [5.74, 6) is -0.678. The van der Waals surface area contributed by atoms with E-state index >= 15 is 0 Å². The molecular formula is C10H18N2O3. The Bertz CT molecular complexity index is 229. The fourth-order valence-corrected chi connectivity index (χ4v) is 2.08. The van der Waals surface area contributed by atoms with E-state index < -0.39 is 5.97 Å². The van der Waals surface area contributed by atoms with E-state index in [4.69, 9.17) is 9.84 Å². The zero-order valence-electron chi connectivity index (χ0n) is 8.89. The Labute approximate surface area is 89.6 Å². The fourth-order valence-electron chi connectivity index (χ4n) is 2.08. The maximum absolute atomic E-state index is 10.8. The topological polar surface area (TPSA) is 53.0 Å². The minimum absolute atomic E-state index is 0.231. The molecule has 0 bridgehead atoms. The summed E-state index contributed by atoms with van der Waals surface area (Å²) >= 11 is 0. The van der Waals surface area contributed by atoms with Gasteiger partial charge in [-0.1, -0.05) is 0 Å². The third kappa shape index (κ3) is 2.68. The lowest BCUT2D eigenvalue weighted by atomic mass is 10.0. The Kier molecular flexibility index (Phi) is 3.56. The number of likely N-dealkylation sites (tertiary alicyclic amines) is 1. The smallest absolute Gasteiger partial charge is 0.320 e. The molecule has 0 amide bonds. The number of carboxylic acids is 1. The molecule has 2 aliphatic rings. The molecule has 0 aromatic carbocycles. The zero-order chi connectivity index (χ0) is 10.7. The largest absolute Gasteiger partial charge is 0.480 e. The van der Waals surface area contributed by atoms with E-state index in [9.17, 15) is 4.79 Å². The third-order valence-corrected chi connectivity index (χ3v) is 3.22. The van der Waals surface area contributed by atoms with Crippen LogP contribution in [0.1, 0.15) is 6.42 Å². The molecule has 2 aliphatic heterocycles. The van der Waals surface area contributed by atoms with E-state index in [2.05, 4.69) is 4.90 Å². The quantitative estimate of drug-likeness (QED) is 0.682. The average Bonchev–Trinajstić information content (AvgIpc) is 2.17. The maximum atomic E-state index is 10.8. The molecule has 0 aromatic heterocycles. The molecule has 0 aromatic rings. The Balaban J connectivity index is 1.67.